The van der Waals surface area contributed by atoms with Crippen LogP contribution in [0, 0.1) is 0 Å². The lowest BCUT2D eigenvalue weighted by molar-refractivity contribution is -0.133. The van der Waals surface area contributed by atoms with E-state index in [0.29, 0.717) is 25.9 Å². The van der Waals surface area contributed by atoms with Crippen molar-refractivity contribution in [2.24, 2.45) is 0 Å². The Kier molecular flexibility index (Phi) is 5.55. The predicted octanol–water partition coefficient (Wildman–Crippen LogP) is 2.42. The summed E-state index contributed by atoms with van der Waals surface area (Å²) in [5.74, 6) is 0.0575. The minimum atomic E-state index is -0.871. The monoisotopic (exact) mass is 315 g/mol. The highest BCUT2D eigenvalue weighted by molar-refractivity contribution is 5.76. The van der Waals surface area contributed by atoms with Gasteiger partial charge in [-0.25, -0.2) is 4.68 Å². The second-order valence-electron chi connectivity index (χ2n) is 6.35. The Balaban J connectivity index is 1.93. The van der Waals surface area contributed by atoms with Crippen molar-refractivity contribution in [2.75, 3.05) is 13.1 Å². The second kappa shape index (κ2) is 7.42. The van der Waals surface area contributed by atoms with Gasteiger partial charge in [0, 0.05) is 25.7 Å². The number of benzene rings is 1. The minimum absolute atomic E-state index is 0.0575. The Bertz CT molecular complexity index is 629. The van der Waals surface area contributed by atoms with Gasteiger partial charge in [0.1, 0.15) is 0 Å². The van der Waals surface area contributed by atoms with Crippen molar-refractivity contribution < 1.29 is 9.90 Å². The summed E-state index contributed by atoms with van der Waals surface area (Å²) in [6.45, 7) is 6.31. The van der Waals surface area contributed by atoms with E-state index in [2.05, 4.69) is 5.10 Å². The van der Waals surface area contributed by atoms with Gasteiger partial charge in [0.15, 0.2) is 0 Å². The molecule has 0 fully saturated rings. The van der Waals surface area contributed by atoms with E-state index < -0.39 is 5.60 Å². The van der Waals surface area contributed by atoms with Crippen LogP contribution in [0.5, 0.6) is 0 Å². The summed E-state index contributed by atoms with van der Waals surface area (Å²) in [4.78, 5) is 14.0. The summed E-state index contributed by atoms with van der Waals surface area (Å²) >= 11 is 0. The molecule has 0 saturated carbocycles. The van der Waals surface area contributed by atoms with Gasteiger partial charge >= 0.3 is 0 Å². The Morgan fingerprint density at radius 1 is 1.30 bits per heavy atom. The lowest BCUT2D eigenvalue weighted by atomic mass is 10.1. The summed E-state index contributed by atoms with van der Waals surface area (Å²) in [5.41, 5.74) is 1.16. The fourth-order valence-electron chi connectivity index (χ4n) is 2.46. The maximum absolute atomic E-state index is 12.3. The Labute approximate surface area is 137 Å². The number of nitrogens with zero attached hydrogens (tertiary/aromatic N) is 3. The number of likely N-dealkylation sites (N-methyl/N-ethyl adjacent to an activating group) is 1. The van der Waals surface area contributed by atoms with E-state index in [1.807, 2.05) is 48.1 Å². The lowest BCUT2D eigenvalue weighted by Gasteiger charge is -2.28. The molecule has 1 aromatic heterocycles. The number of aryl methyl sites for hydroxylation is 1. The van der Waals surface area contributed by atoms with E-state index in [1.54, 1.807) is 24.9 Å². The zero-order valence-corrected chi connectivity index (χ0v) is 14.1. The van der Waals surface area contributed by atoms with Crippen molar-refractivity contribution in [1.82, 2.24) is 14.7 Å². The molecule has 0 aliphatic carbocycles. The van der Waals surface area contributed by atoms with Gasteiger partial charge in [0.2, 0.25) is 5.91 Å². The number of para-hydroxylation sites is 1. The largest absolute Gasteiger partial charge is 0.389 e. The van der Waals surface area contributed by atoms with Crippen LogP contribution in [0.3, 0.4) is 0 Å². The molecule has 23 heavy (non-hydrogen) atoms. The van der Waals surface area contributed by atoms with Crippen molar-refractivity contribution in [3.05, 3.63) is 48.3 Å². The van der Waals surface area contributed by atoms with Crippen LogP contribution in [0.15, 0.2) is 42.7 Å². The number of carbonyl (C=O) groups excluding carboxylic acids is 1. The molecule has 1 aromatic carbocycles. The quantitative estimate of drug-likeness (QED) is 0.853. The van der Waals surface area contributed by atoms with E-state index in [1.165, 1.54) is 0 Å². The molecule has 5 heteroatoms. The van der Waals surface area contributed by atoms with E-state index in [9.17, 15) is 9.90 Å². The highest BCUT2D eigenvalue weighted by Crippen LogP contribution is 2.11. The standard InChI is InChI=1S/C18H25N3O2/c1-4-20(14-18(2,3)23)17(22)11-10-15-12-19-21(13-15)16-8-6-5-7-9-16/h5-9,12-13,23H,4,10-11,14H2,1-3H3. The summed E-state index contributed by atoms with van der Waals surface area (Å²) in [7, 11) is 0. The van der Waals surface area contributed by atoms with Crippen molar-refractivity contribution >= 4 is 5.91 Å². The third-order valence-electron chi connectivity index (χ3n) is 3.60. The molecule has 0 spiro atoms. The highest BCUT2D eigenvalue weighted by atomic mass is 16.3. The normalized spacial score (nSPS) is 11.5. The minimum Gasteiger partial charge on any atom is -0.389 e. The number of carbonyl (C=O) groups is 1. The molecule has 0 aliphatic heterocycles. The van der Waals surface area contributed by atoms with Crippen molar-refractivity contribution in [3.63, 3.8) is 0 Å². The van der Waals surface area contributed by atoms with Gasteiger partial charge in [-0.1, -0.05) is 18.2 Å². The summed E-state index contributed by atoms with van der Waals surface area (Å²) in [6.07, 6.45) is 4.82. The number of rotatable bonds is 7. The van der Waals surface area contributed by atoms with Crippen molar-refractivity contribution in [3.8, 4) is 5.69 Å². The van der Waals surface area contributed by atoms with Gasteiger partial charge in [-0.05, 0) is 44.9 Å². The van der Waals surface area contributed by atoms with Gasteiger partial charge in [0.25, 0.3) is 0 Å². The Morgan fingerprint density at radius 2 is 2.00 bits per heavy atom. The molecule has 2 rings (SSSR count). The smallest absolute Gasteiger partial charge is 0.222 e. The van der Waals surface area contributed by atoms with Crippen LogP contribution in [0.25, 0.3) is 5.69 Å². The van der Waals surface area contributed by atoms with Crippen LogP contribution in [0.2, 0.25) is 0 Å². The average Bonchev–Trinajstić information content (AvgIpc) is 2.99. The van der Waals surface area contributed by atoms with Gasteiger partial charge < -0.3 is 10.0 Å². The first kappa shape index (κ1) is 17.2. The first-order valence-electron chi connectivity index (χ1n) is 7.98. The van der Waals surface area contributed by atoms with Crippen LogP contribution in [-0.2, 0) is 11.2 Å². The Hall–Kier alpha value is -2.14. The second-order valence-corrected chi connectivity index (χ2v) is 6.35. The molecule has 124 valence electrons. The van der Waals surface area contributed by atoms with Crippen LogP contribution >= 0.6 is 0 Å². The van der Waals surface area contributed by atoms with Crippen molar-refractivity contribution in [2.45, 2.75) is 39.2 Å². The van der Waals surface area contributed by atoms with Gasteiger partial charge in [-0.2, -0.15) is 5.10 Å². The van der Waals surface area contributed by atoms with Gasteiger partial charge in [0.05, 0.1) is 17.5 Å². The third kappa shape index (κ3) is 5.21. The van der Waals surface area contributed by atoms with Crippen LogP contribution < -0.4 is 0 Å². The fraction of sp³-hybridized carbons (Fsp3) is 0.444. The molecule has 0 aliphatic rings. The molecule has 0 radical (unpaired) electrons. The maximum atomic E-state index is 12.3. The molecule has 0 atom stereocenters. The molecule has 0 bridgehead atoms. The molecule has 0 unspecified atom stereocenters. The molecular formula is C18H25N3O2. The number of aliphatic hydroxyl groups is 1. The molecule has 1 amide bonds. The SMILES string of the molecule is CCN(CC(C)(C)O)C(=O)CCc1cnn(-c2ccccc2)c1. The Morgan fingerprint density at radius 3 is 2.61 bits per heavy atom. The highest BCUT2D eigenvalue weighted by Gasteiger charge is 2.21. The van der Waals surface area contributed by atoms with Crippen LogP contribution in [0.4, 0.5) is 0 Å². The summed E-state index contributed by atoms with van der Waals surface area (Å²) < 4.78 is 1.81. The molecule has 0 saturated heterocycles. The molecule has 1 N–H and O–H groups in total. The van der Waals surface area contributed by atoms with E-state index >= 15 is 0 Å². The number of hydrogen-bond donors (Lipinski definition) is 1. The number of hydrogen-bond acceptors (Lipinski definition) is 3. The van der Waals surface area contributed by atoms with Gasteiger partial charge in [-0.3, -0.25) is 4.79 Å². The average molecular weight is 315 g/mol. The van der Waals surface area contributed by atoms with E-state index in [-0.39, 0.29) is 5.91 Å². The van der Waals surface area contributed by atoms with Crippen molar-refractivity contribution in [1.29, 1.82) is 0 Å². The zero-order valence-electron chi connectivity index (χ0n) is 14.1. The molecule has 1 heterocycles. The van der Waals surface area contributed by atoms with E-state index in [4.69, 9.17) is 0 Å². The predicted molar refractivity (Wildman–Crippen MR) is 90.4 cm³/mol. The first-order chi connectivity index (χ1) is 10.9. The summed E-state index contributed by atoms with van der Waals surface area (Å²) in [5, 5.41) is 14.2. The fourth-order valence-corrected chi connectivity index (χ4v) is 2.46. The zero-order chi connectivity index (χ0) is 16.9. The number of amides is 1. The topological polar surface area (TPSA) is 58.4 Å². The molecule has 5 nitrogen and oxygen atoms in total. The molecular weight excluding hydrogens is 290 g/mol. The van der Waals surface area contributed by atoms with Gasteiger partial charge in [-0.15, -0.1) is 0 Å². The lowest BCUT2D eigenvalue weighted by Crippen LogP contribution is -2.42. The van der Waals surface area contributed by atoms with Crippen LogP contribution in [0.1, 0.15) is 32.8 Å². The molecule has 2 aromatic rings. The van der Waals surface area contributed by atoms with E-state index in [0.717, 1.165) is 11.3 Å². The number of aromatic nitrogens is 2. The first-order valence-corrected chi connectivity index (χ1v) is 7.98. The summed E-state index contributed by atoms with van der Waals surface area (Å²) in [6, 6.07) is 9.88. The van der Waals surface area contributed by atoms with Crippen LogP contribution in [-0.4, -0.2) is 44.4 Å². The third-order valence-corrected chi connectivity index (χ3v) is 3.60. The maximum Gasteiger partial charge on any atom is 0.222 e.